The summed E-state index contributed by atoms with van der Waals surface area (Å²) in [7, 11) is 0. The number of rotatable bonds is 24. The molecule has 0 spiro atoms. The Bertz CT molecular complexity index is 1130. The summed E-state index contributed by atoms with van der Waals surface area (Å²) in [6.45, 7) is 16.9. The van der Waals surface area contributed by atoms with E-state index in [4.69, 9.17) is 9.47 Å². The number of amides is 1. The zero-order chi connectivity index (χ0) is 36.8. The number of aliphatic hydroxyl groups excluding tert-OH is 3. The summed E-state index contributed by atoms with van der Waals surface area (Å²) in [5.74, 6) is 0.00980. The second-order valence-corrected chi connectivity index (χ2v) is 14.4. The number of ketones is 1. The van der Waals surface area contributed by atoms with Gasteiger partial charge in [-0.15, -0.1) is 0 Å². The molecule has 1 rings (SSSR count). The first-order valence-electron chi connectivity index (χ1n) is 18.6. The van der Waals surface area contributed by atoms with Crippen molar-refractivity contribution in [1.82, 2.24) is 5.32 Å². The second-order valence-electron chi connectivity index (χ2n) is 14.4. The van der Waals surface area contributed by atoms with E-state index < -0.39 is 30.7 Å². The van der Waals surface area contributed by atoms with E-state index in [2.05, 4.69) is 70.3 Å². The van der Waals surface area contributed by atoms with Gasteiger partial charge in [-0.3, -0.25) is 9.59 Å². The van der Waals surface area contributed by atoms with E-state index in [0.717, 1.165) is 56.9 Å². The molecule has 280 valence electrons. The van der Waals surface area contributed by atoms with Gasteiger partial charge in [0.05, 0.1) is 0 Å². The van der Waals surface area contributed by atoms with Crippen molar-refractivity contribution in [3.63, 3.8) is 0 Å². The van der Waals surface area contributed by atoms with E-state index in [1.807, 2.05) is 20.8 Å². The van der Waals surface area contributed by atoms with E-state index in [-0.39, 0.29) is 30.8 Å². The molecule has 1 aliphatic rings. The van der Waals surface area contributed by atoms with E-state index in [9.17, 15) is 24.9 Å². The Kier molecular flexibility index (Phi) is 23.3. The molecule has 0 bridgehead atoms. The quantitative estimate of drug-likeness (QED) is 0.0599. The third-order valence-electron chi connectivity index (χ3n) is 8.97. The molecule has 1 aliphatic heterocycles. The number of unbranched alkanes of at least 4 members (excludes halogenated alkanes) is 2. The average Bonchev–Trinajstić information content (AvgIpc) is 3.04. The fraction of sp³-hybridized carbons (Fsp3) is 0.707. The minimum absolute atomic E-state index is 0.00277. The number of hydrogen-bond donors (Lipinski definition) is 4. The van der Waals surface area contributed by atoms with E-state index in [1.54, 1.807) is 0 Å². The van der Waals surface area contributed by atoms with E-state index in [0.29, 0.717) is 32.1 Å². The number of hydrogen-bond acceptors (Lipinski definition) is 7. The van der Waals surface area contributed by atoms with Gasteiger partial charge in [-0.2, -0.15) is 0 Å². The predicted octanol–water partition coefficient (Wildman–Crippen LogP) is 7.97. The lowest BCUT2D eigenvalue weighted by atomic mass is 9.98. The van der Waals surface area contributed by atoms with Gasteiger partial charge in [0.25, 0.3) is 0 Å². The topological polar surface area (TPSA) is 125 Å². The van der Waals surface area contributed by atoms with Gasteiger partial charge in [0.15, 0.2) is 6.29 Å². The van der Waals surface area contributed by atoms with E-state index >= 15 is 0 Å². The summed E-state index contributed by atoms with van der Waals surface area (Å²) in [4.78, 5) is 24.3. The number of nitrogens with one attached hydrogen (secondary N) is 1. The Morgan fingerprint density at radius 3 is 1.69 bits per heavy atom. The molecule has 2 unspecified atom stereocenters. The molecule has 4 N–H and O–H groups in total. The summed E-state index contributed by atoms with van der Waals surface area (Å²) >= 11 is 0. The number of carbonyl (C=O) groups excluding carboxylic acids is 2. The number of ether oxygens (including phenoxy) is 2. The van der Waals surface area contributed by atoms with Gasteiger partial charge in [-0.25, -0.2) is 0 Å². The first-order chi connectivity index (χ1) is 23.2. The van der Waals surface area contributed by atoms with Gasteiger partial charge in [0.1, 0.15) is 30.2 Å². The third-order valence-corrected chi connectivity index (χ3v) is 8.97. The number of aliphatic hydroxyl groups is 3. The average molecular weight is 688 g/mol. The second kappa shape index (κ2) is 25.6. The number of carbonyl (C=O) groups is 2. The molecule has 1 amide bonds. The number of allylic oxidation sites excluding steroid dienone is 10. The highest BCUT2D eigenvalue weighted by Crippen LogP contribution is 2.22. The first kappa shape index (κ1) is 44.7. The van der Waals surface area contributed by atoms with Crippen LogP contribution in [-0.4, -0.2) is 70.9 Å². The maximum Gasteiger partial charge on any atom is 0.220 e. The maximum atomic E-state index is 12.5. The maximum absolute atomic E-state index is 12.5. The standard InChI is InChI=1S/C41H69NO7/c1-29(2)16-13-19-33(7)22-14-20-31(5)17-9-10-18-32(6)21-15-23-34(8)25-26-37(44)42-28-36-38(45)39(46)40(47)41(49-36)48-27-12-11-24-35(43)30(3)4/h16-18,22-23,30,36,38-41,45-47H,9-15,19-21,24-28H2,1-8H3,(H,42,44)/b31-17+,32-18+,33-22+,34-23+/t36?,38-,39+,40?,41-/m1/s1. The molecule has 8 heteroatoms. The molecule has 1 fully saturated rings. The molecular formula is C41H69NO7. The highest BCUT2D eigenvalue weighted by Gasteiger charge is 2.44. The minimum Gasteiger partial charge on any atom is -0.388 e. The van der Waals surface area contributed by atoms with Crippen LogP contribution in [0.15, 0.2) is 58.2 Å². The van der Waals surface area contributed by atoms with Crippen molar-refractivity contribution in [2.24, 2.45) is 5.92 Å². The summed E-state index contributed by atoms with van der Waals surface area (Å²) in [6, 6.07) is 0. The minimum atomic E-state index is -1.46. The Morgan fingerprint density at radius 2 is 1.16 bits per heavy atom. The van der Waals surface area contributed by atoms with Crippen molar-refractivity contribution in [1.29, 1.82) is 0 Å². The molecule has 8 nitrogen and oxygen atoms in total. The molecule has 0 aliphatic carbocycles. The Morgan fingerprint density at radius 1 is 0.653 bits per heavy atom. The van der Waals surface area contributed by atoms with Crippen molar-refractivity contribution < 1.29 is 34.4 Å². The lowest BCUT2D eigenvalue weighted by Gasteiger charge is -2.40. The molecule has 0 saturated carbocycles. The van der Waals surface area contributed by atoms with Gasteiger partial charge in [-0.1, -0.05) is 72.1 Å². The van der Waals surface area contributed by atoms with Crippen LogP contribution in [0.2, 0.25) is 0 Å². The molecule has 1 heterocycles. The van der Waals surface area contributed by atoms with Crippen molar-refractivity contribution in [3.05, 3.63) is 58.2 Å². The van der Waals surface area contributed by atoms with Gasteiger partial charge >= 0.3 is 0 Å². The summed E-state index contributed by atoms with van der Waals surface area (Å²) < 4.78 is 11.3. The van der Waals surface area contributed by atoms with Crippen LogP contribution in [0.1, 0.15) is 139 Å². The molecule has 0 aromatic carbocycles. The first-order valence-corrected chi connectivity index (χ1v) is 18.6. The molecule has 1 saturated heterocycles. The van der Waals surface area contributed by atoms with Crippen molar-refractivity contribution in [2.75, 3.05) is 13.2 Å². The molecule has 5 atom stereocenters. The number of Topliss-reactive ketones (excluding diaryl/α,β-unsaturated/α-hetero) is 1. The van der Waals surface area contributed by atoms with Crippen LogP contribution >= 0.6 is 0 Å². The molecule has 49 heavy (non-hydrogen) atoms. The van der Waals surface area contributed by atoms with Crippen molar-refractivity contribution >= 4 is 11.7 Å². The van der Waals surface area contributed by atoms with Crippen LogP contribution in [0.3, 0.4) is 0 Å². The highest BCUT2D eigenvalue weighted by molar-refractivity contribution is 5.80. The third kappa shape index (κ3) is 20.8. The van der Waals surface area contributed by atoms with Gasteiger partial charge in [0, 0.05) is 31.9 Å². The normalized spacial score (nSPS) is 22.4. The fourth-order valence-electron chi connectivity index (χ4n) is 5.47. The van der Waals surface area contributed by atoms with Crippen molar-refractivity contribution in [2.45, 2.75) is 170 Å². The van der Waals surface area contributed by atoms with Crippen LogP contribution in [0.4, 0.5) is 0 Å². The lowest BCUT2D eigenvalue weighted by molar-refractivity contribution is -0.295. The summed E-state index contributed by atoms with van der Waals surface area (Å²) in [5.41, 5.74) is 6.85. The fourth-order valence-corrected chi connectivity index (χ4v) is 5.47. The van der Waals surface area contributed by atoms with E-state index in [1.165, 1.54) is 22.3 Å². The van der Waals surface area contributed by atoms with Gasteiger partial charge in [-0.05, 0) is 112 Å². The highest BCUT2D eigenvalue weighted by atomic mass is 16.7. The monoisotopic (exact) mass is 688 g/mol. The van der Waals surface area contributed by atoms with Crippen LogP contribution in [0.25, 0.3) is 0 Å². The Balaban J connectivity index is 2.32. The molecule has 0 aromatic rings. The molecule has 0 aromatic heterocycles. The van der Waals surface area contributed by atoms with Crippen molar-refractivity contribution in [3.8, 4) is 0 Å². The zero-order valence-corrected chi connectivity index (χ0v) is 31.9. The summed E-state index contributed by atoms with van der Waals surface area (Å²) in [6.07, 6.45) is 16.5. The van der Waals surface area contributed by atoms with Gasteiger partial charge < -0.3 is 30.1 Å². The van der Waals surface area contributed by atoms with Crippen LogP contribution in [-0.2, 0) is 19.1 Å². The van der Waals surface area contributed by atoms with Gasteiger partial charge in [0.2, 0.25) is 5.91 Å². The SMILES string of the molecule is CC(C)=CCC/C(C)=C/CC/C(C)=C/CC/C=C(\C)CC/C=C(\C)CCC(=O)NCC1O[C@@H](OCCCCC(=O)C(C)C)C(O)[C@@H](O)[C@@H]1O. The smallest absolute Gasteiger partial charge is 0.220 e. The Labute approximate surface area is 297 Å². The molecule has 0 radical (unpaired) electrons. The van der Waals surface area contributed by atoms with Crippen LogP contribution in [0.5, 0.6) is 0 Å². The predicted molar refractivity (Wildman–Crippen MR) is 200 cm³/mol. The van der Waals surface area contributed by atoms with Crippen LogP contribution < -0.4 is 5.32 Å². The molecular weight excluding hydrogens is 618 g/mol. The van der Waals surface area contributed by atoms with Crippen LogP contribution in [0, 0.1) is 5.92 Å². The largest absolute Gasteiger partial charge is 0.388 e. The zero-order valence-electron chi connectivity index (χ0n) is 31.9. The lowest BCUT2D eigenvalue weighted by Crippen LogP contribution is -2.60. The summed E-state index contributed by atoms with van der Waals surface area (Å²) in [5, 5.41) is 33.8. The Hall–Kier alpha value is -2.36.